The lowest BCUT2D eigenvalue weighted by Gasteiger charge is -2.35. The van der Waals surface area contributed by atoms with E-state index in [1.807, 2.05) is 4.90 Å². The monoisotopic (exact) mass is 300 g/mol. The maximum atomic E-state index is 12.3. The molecule has 0 unspecified atom stereocenters. The number of nitrogens with zero attached hydrogens (tertiary/aromatic N) is 3. The van der Waals surface area contributed by atoms with Crippen molar-refractivity contribution >= 4 is 11.7 Å². The number of anilines is 1. The molecule has 1 N–H and O–H groups in total. The summed E-state index contributed by atoms with van der Waals surface area (Å²) in [7, 11) is 0. The molecule has 1 aliphatic rings. The Hall–Kier alpha value is -2.06. The Bertz CT molecular complexity index is 542. The second kappa shape index (κ2) is 7.81. The fourth-order valence-corrected chi connectivity index (χ4v) is 2.48. The van der Waals surface area contributed by atoms with Gasteiger partial charge in [-0.3, -0.25) is 4.90 Å². The third-order valence-corrected chi connectivity index (χ3v) is 3.93. The Kier molecular flexibility index (Phi) is 5.79. The third-order valence-electron chi connectivity index (χ3n) is 3.93. The quantitative estimate of drug-likeness (QED) is 0.930. The smallest absolute Gasteiger partial charge is 0.321 e. The topological polar surface area (TPSA) is 59.4 Å². The van der Waals surface area contributed by atoms with Gasteiger partial charge in [0.05, 0.1) is 11.6 Å². The summed E-state index contributed by atoms with van der Waals surface area (Å²) < 4.78 is 0. The van der Waals surface area contributed by atoms with E-state index in [0.717, 1.165) is 32.7 Å². The van der Waals surface area contributed by atoms with Crippen LogP contribution in [-0.2, 0) is 0 Å². The van der Waals surface area contributed by atoms with Gasteiger partial charge in [-0.25, -0.2) is 4.79 Å². The van der Waals surface area contributed by atoms with E-state index in [1.165, 1.54) is 6.42 Å². The number of hydrogen-bond acceptors (Lipinski definition) is 3. The minimum absolute atomic E-state index is 0.0846. The highest BCUT2D eigenvalue weighted by atomic mass is 16.2. The fraction of sp³-hybridized carbons (Fsp3) is 0.529. The van der Waals surface area contributed by atoms with Gasteiger partial charge in [0, 0.05) is 31.9 Å². The normalized spacial score (nSPS) is 15.6. The first-order valence-corrected chi connectivity index (χ1v) is 7.87. The van der Waals surface area contributed by atoms with Gasteiger partial charge >= 0.3 is 6.03 Å². The number of carbonyl (C=O) groups is 1. The highest BCUT2D eigenvalue weighted by Crippen LogP contribution is 2.12. The SMILES string of the molecule is CC(C)CCN1CCN(C(=O)Nc2cccc(C#N)c2)CC1. The second-order valence-corrected chi connectivity index (χ2v) is 6.13. The largest absolute Gasteiger partial charge is 0.322 e. The zero-order chi connectivity index (χ0) is 15.9. The molecule has 5 heteroatoms. The summed E-state index contributed by atoms with van der Waals surface area (Å²) in [5, 5.41) is 11.8. The van der Waals surface area contributed by atoms with Crippen LogP contribution in [0, 0.1) is 17.2 Å². The van der Waals surface area contributed by atoms with Gasteiger partial charge in [-0.05, 0) is 37.1 Å². The van der Waals surface area contributed by atoms with E-state index in [1.54, 1.807) is 24.3 Å². The van der Waals surface area contributed by atoms with Crippen LogP contribution in [0.5, 0.6) is 0 Å². The molecule has 0 saturated carbocycles. The van der Waals surface area contributed by atoms with E-state index in [-0.39, 0.29) is 6.03 Å². The number of rotatable bonds is 4. The number of urea groups is 1. The summed E-state index contributed by atoms with van der Waals surface area (Å²) in [5.74, 6) is 0.716. The standard InChI is InChI=1S/C17H24N4O/c1-14(2)6-7-20-8-10-21(11-9-20)17(22)19-16-5-3-4-15(12-16)13-18/h3-5,12,14H,6-11H2,1-2H3,(H,19,22). The summed E-state index contributed by atoms with van der Waals surface area (Å²) in [6.45, 7) is 8.94. The van der Waals surface area contributed by atoms with E-state index >= 15 is 0 Å². The van der Waals surface area contributed by atoms with Crippen LogP contribution in [-0.4, -0.2) is 48.6 Å². The maximum absolute atomic E-state index is 12.3. The van der Waals surface area contributed by atoms with Gasteiger partial charge in [0.15, 0.2) is 0 Å². The van der Waals surface area contributed by atoms with Crippen molar-refractivity contribution in [3.63, 3.8) is 0 Å². The summed E-state index contributed by atoms with van der Waals surface area (Å²) in [6, 6.07) is 8.99. The van der Waals surface area contributed by atoms with Crippen LogP contribution < -0.4 is 5.32 Å². The van der Waals surface area contributed by atoms with Crippen LogP contribution in [0.25, 0.3) is 0 Å². The molecule has 1 heterocycles. The Morgan fingerprint density at radius 2 is 2.05 bits per heavy atom. The molecule has 1 fully saturated rings. The molecule has 2 rings (SSSR count). The van der Waals surface area contributed by atoms with Gasteiger partial charge in [0.1, 0.15) is 0 Å². The van der Waals surface area contributed by atoms with Crippen molar-refractivity contribution < 1.29 is 4.79 Å². The van der Waals surface area contributed by atoms with Crippen molar-refractivity contribution in [1.82, 2.24) is 9.80 Å². The average Bonchev–Trinajstić information content (AvgIpc) is 2.53. The fourth-order valence-electron chi connectivity index (χ4n) is 2.48. The molecule has 0 spiro atoms. The lowest BCUT2D eigenvalue weighted by molar-refractivity contribution is 0.143. The summed E-state index contributed by atoms with van der Waals surface area (Å²) in [5.41, 5.74) is 1.22. The van der Waals surface area contributed by atoms with Crippen molar-refractivity contribution in [2.45, 2.75) is 20.3 Å². The van der Waals surface area contributed by atoms with Gasteiger partial charge in [-0.1, -0.05) is 19.9 Å². The molecule has 1 saturated heterocycles. The lowest BCUT2D eigenvalue weighted by atomic mass is 10.1. The van der Waals surface area contributed by atoms with Crippen LogP contribution in [0.15, 0.2) is 24.3 Å². The molecule has 22 heavy (non-hydrogen) atoms. The van der Waals surface area contributed by atoms with Crippen molar-refractivity contribution in [3.05, 3.63) is 29.8 Å². The number of hydrogen-bond donors (Lipinski definition) is 1. The average molecular weight is 300 g/mol. The maximum Gasteiger partial charge on any atom is 0.321 e. The molecule has 0 atom stereocenters. The number of piperazine rings is 1. The molecule has 0 aromatic heterocycles. The Labute approximate surface area is 132 Å². The van der Waals surface area contributed by atoms with Gasteiger partial charge in [-0.2, -0.15) is 5.26 Å². The van der Waals surface area contributed by atoms with Gasteiger partial charge in [0.2, 0.25) is 0 Å². The van der Waals surface area contributed by atoms with E-state index < -0.39 is 0 Å². The molecule has 0 radical (unpaired) electrons. The van der Waals surface area contributed by atoms with E-state index in [4.69, 9.17) is 5.26 Å². The number of benzene rings is 1. The van der Waals surface area contributed by atoms with Gasteiger partial charge in [-0.15, -0.1) is 0 Å². The summed E-state index contributed by atoms with van der Waals surface area (Å²) in [6.07, 6.45) is 1.20. The summed E-state index contributed by atoms with van der Waals surface area (Å²) in [4.78, 5) is 16.5. The molecule has 1 aromatic rings. The van der Waals surface area contributed by atoms with Gasteiger partial charge < -0.3 is 10.2 Å². The molecule has 1 aliphatic heterocycles. The zero-order valence-electron chi connectivity index (χ0n) is 13.4. The third kappa shape index (κ3) is 4.74. The molecule has 0 aliphatic carbocycles. The van der Waals surface area contributed by atoms with Crippen LogP contribution in [0.2, 0.25) is 0 Å². The Morgan fingerprint density at radius 3 is 2.68 bits per heavy atom. The lowest BCUT2D eigenvalue weighted by Crippen LogP contribution is -2.50. The van der Waals surface area contributed by atoms with Crippen LogP contribution >= 0.6 is 0 Å². The molecule has 1 aromatic carbocycles. The van der Waals surface area contributed by atoms with Crippen molar-refractivity contribution in [1.29, 1.82) is 5.26 Å². The Morgan fingerprint density at radius 1 is 1.32 bits per heavy atom. The zero-order valence-corrected chi connectivity index (χ0v) is 13.4. The van der Waals surface area contributed by atoms with Crippen LogP contribution in [0.1, 0.15) is 25.8 Å². The van der Waals surface area contributed by atoms with Crippen LogP contribution in [0.4, 0.5) is 10.5 Å². The molecule has 5 nitrogen and oxygen atoms in total. The minimum atomic E-state index is -0.0846. The van der Waals surface area contributed by atoms with Crippen molar-refractivity contribution in [2.24, 2.45) is 5.92 Å². The molecule has 0 bridgehead atoms. The highest BCUT2D eigenvalue weighted by Gasteiger charge is 2.21. The second-order valence-electron chi connectivity index (χ2n) is 6.13. The van der Waals surface area contributed by atoms with E-state index in [2.05, 4.69) is 30.1 Å². The first-order chi connectivity index (χ1) is 10.6. The minimum Gasteiger partial charge on any atom is -0.322 e. The molecule has 2 amide bonds. The van der Waals surface area contributed by atoms with Crippen molar-refractivity contribution in [2.75, 3.05) is 38.0 Å². The predicted octanol–water partition coefficient (Wildman–Crippen LogP) is 2.75. The number of carbonyl (C=O) groups excluding carboxylic acids is 1. The number of nitrogens with one attached hydrogen (secondary N) is 1. The number of nitriles is 1. The highest BCUT2D eigenvalue weighted by molar-refractivity contribution is 5.89. The van der Waals surface area contributed by atoms with Crippen LogP contribution in [0.3, 0.4) is 0 Å². The predicted molar refractivity (Wildman–Crippen MR) is 87.6 cm³/mol. The number of amides is 2. The molecule has 118 valence electrons. The Balaban J connectivity index is 1.81. The summed E-state index contributed by atoms with van der Waals surface area (Å²) >= 11 is 0. The van der Waals surface area contributed by atoms with Gasteiger partial charge in [0.25, 0.3) is 0 Å². The van der Waals surface area contributed by atoms with E-state index in [0.29, 0.717) is 17.2 Å². The molecular formula is C17H24N4O. The first-order valence-electron chi connectivity index (χ1n) is 7.87. The molecular weight excluding hydrogens is 276 g/mol. The van der Waals surface area contributed by atoms with Crippen molar-refractivity contribution in [3.8, 4) is 6.07 Å². The van der Waals surface area contributed by atoms with E-state index in [9.17, 15) is 4.79 Å². The first kappa shape index (κ1) is 16.3.